The van der Waals surface area contributed by atoms with Crippen molar-refractivity contribution >= 4 is 0 Å². The van der Waals surface area contributed by atoms with Crippen LogP contribution in [-0.4, -0.2) is 62.8 Å². The van der Waals surface area contributed by atoms with Crippen molar-refractivity contribution in [2.45, 2.75) is 38.4 Å². The summed E-state index contributed by atoms with van der Waals surface area (Å²) < 4.78 is 16.5. The lowest BCUT2D eigenvalue weighted by Crippen LogP contribution is -2.55. The van der Waals surface area contributed by atoms with Gasteiger partial charge in [-0.25, -0.2) is 0 Å². The average molecular weight is 320 g/mol. The van der Waals surface area contributed by atoms with Gasteiger partial charge in [-0.2, -0.15) is 0 Å². The maximum atomic E-state index is 5.63. The minimum absolute atomic E-state index is 0.573. The van der Waals surface area contributed by atoms with Crippen molar-refractivity contribution in [1.29, 1.82) is 0 Å². The topological polar surface area (TPSA) is 34.2 Å². The van der Waals surface area contributed by atoms with Crippen molar-refractivity contribution in [2.75, 3.05) is 41.0 Å². The van der Waals surface area contributed by atoms with Crippen LogP contribution < -0.4 is 14.2 Å². The first-order chi connectivity index (χ1) is 11.2. The lowest BCUT2D eigenvalue weighted by atomic mass is 10.0. The highest BCUT2D eigenvalue weighted by Gasteiger charge is 2.36. The van der Waals surface area contributed by atoms with Crippen molar-refractivity contribution in [3.05, 3.63) is 17.7 Å². The molecule has 0 saturated carbocycles. The first kappa shape index (κ1) is 16.4. The minimum atomic E-state index is 0.573. The molecule has 2 unspecified atom stereocenters. The van der Waals surface area contributed by atoms with E-state index in [-0.39, 0.29) is 0 Å². The number of rotatable bonds is 5. The molecular formula is C18H28N2O3. The summed E-state index contributed by atoms with van der Waals surface area (Å²) in [6, 6.07) is 5.33. The van der Waals surface area contributed by atoms with E-state index in [4.69, 9.17) is 14.2 Å². The van der Waals surface area contributed by atoms with E-state index in [1.807, 2.05) is 6.07 Å². The van der Waals surface area contributed by atoms with Crippen molar-refractivity contribution in [1.82, 2.24) is 9.80 Å². The molecule has 3 rings (SSSR count). The SMILES string of the molecule is COc1ccc(CN2CCN3CCCC3C2C)c(OC)c1OC. The second-order valence-corrected chi connectivity index (χ2v) is 6.45. The van der Waals surface area contributed by atoms with Gasteiger partial charge < -0.3 is 14.2 Å². The Morgan fingerprint density at radius 1 is 1.00 bits per heavy atom. The van der Waals surface area contributed by atoms with Crippen LogP contribution in [0.2, 0.25) is 0 Å². The van der Waals surface area contributed by atoms with E-state index in [9.17, 15) is 0 Å². The second kappa shape index (κ2) is 6.97. The smallest absolute Gasteiger partial charge is 0.203 e. The Bertz CT molecular complexity index is 549. The third-order valence-corrected chi connectivity index (χ3v) is 5.38. The van der Waals surface area contributed by atoms with E-state index >= 15 is 0 Å². The third-order valence-electron chi connectivity index (χ3n) is 5.38. The molecule has 2 aliphatic rings. The Morgan fingerprint density at radius 3 is 2.48 bits per heavy atom. The lowest BCUT2D eigenvalue weighted by molar-refractivity contribution is 0.0465. The highest BCUT2D eigenvalue weighted by molar-refractivity contribution is 5.55. The van der Waals surface area contributed by atoms with Crippen molar-refractivity contribution in [2.24, 2.45) is 0 Å². The quantitative estimate of drug-likeness (QED) is 0.832. The van der Waals surface area contributed by atoms with Gasteiger partial charge in [0.1, 0.15) is 0 Å². The monoisotopic (exact) mass is 320 g/mol. The summed E-state index contributed by atoms with van der Waals surface area (Å²) in [5.74, 6) is 2.18. The van der Waals surface area contributed by atoms with Gasteiger partial charge in [0.25, 0.3) is 0 Å². The summed E-state index contributed by atoms with van der Waals surface area (Å²) in [5, 5.41) is 0. The second-order valence-electron chi connectivity index (χ2n) is 6.45. The fourth-order valence-electron chi connectivity index (χ4n) is 4.11. The van der Waals surface area contributed by atoms with Gasteiger partial charge in [-0.1, -0.05) is 6.07 Å². The number of ether oxygens (including phenoxy) is 3. The number of fused-ring (bicyclic) bond motifs is 1. The molecule has 0 aromatic heterocycles. The summed E-state index contributed by atoms with van der Waals surface area (Å²) in [6.07, 6.45) is 2.66. The van der Waals surface area contributed by atoms with Gasteiger partial charge in [0.2, 0.25) is 5.75 Å². The van der Waals surface area contributed by atoms with E-state index in [0.717, 1.165) is 24.4 Å². The average Bonchev–Trinajstić information content (AvgIpc) is 3.06. The highest BCUT2D eigenvalue weighted by Crippen LogP contribution is 2.40. The van der Waals surface area contributed by atoms with Crippen LogP contribution in [-0.2, 0) is 6.54 Å². The number of methoxy groups -OCH3 is 3. The first-order valence-electron chi connectivity index (χ1n) is 8.45. The minimum Gasteiger partial charge on any atom is -0.493 e. The largest absolute Gasteiger partial charge is 0.493 e. The maximum Gasteiger partial charge on any atom is 0.203 e. The number of hydrogen-bond donors (Lipinski definition) is 0. The van der Waals surface area contributed by atoms with Crippen LogP contribution in [0.25, 0.3) is 0 Å². The molecule has 23 heavy (non-hydrogen) atoms. The van der Waals surface area contributed by atoms with E-state index in [1.54, 1.807) is 21.3 Å². The number of nitrogens with zero attached hydrogens (tertiary/aromatic N) is 2. The van der Waals surface area contributed by atoms with E-state index in [0.29, 0.717) is 23.6 Å². The Balaban J connectivity index is 1.82. The van der Waals surface area contributed by atoms with Crippen molar-refractivity contribution in [3.8, 4) is 17.2 Å². The number of benzene rings is 1. The van der Waals surface area contributed by atoms with Crippen molar-refractivity contribution in [3.63, 3.8) is 0 Å². The molecule has 5 heteroatoms. The molecule has 128 valence electrons. The zero-order valence-corrected chi connectivity index (χ0v) is 14.7. The predicted octanol–water partition coefficient (Wildman–Crippen LogP) is 2.38. The maximum absolute atomic E-state index is 5.63. The molecule has 2 heterocycles. The molecule has 0 radical (unpaired) electrons. The standard InChI is InChI=1S/C18H28N2O3/c1-13-15-6-5-9-19(15)10-11-20(13)12-14-7-8-16(21-2)18(23-4)17(14)22-3/h7-8,13,15H,5-6,9-12H2,1-4H3. The Morgan fingerprint density at radius 2 is 1.78 bits per heavy atom. The van der Waals surface area contributed by atoms with Gasteiger partial charge in [-0.3, -0.25) is 9.80 Å². The van der Waals surface area contributed by atoms with Crippen molar-refractivity contribution < 1.29 is 14.2 Å². The predicted molar refractivity (Wildman–Crippen MR) is 90.6 cm³/mol. The molecule has 0 spiro atoms. The van der Waals surface area contributed by atoms with Crippen LogP contribution in [0.5, 0.6) is 17.2 Å². The van der Waals surface area contributed by atoms with Crippen LogP contribution in [0.15, 0.2) is 12.1 Å². The van der Waals surface area contributed by atoms with Crippen LogP contribution >= 0.6 is 0 Å². The Hall–Kier alpha value is -1.46. The molecule has 0 N–H and O–H groups in total. The summed E-state index contributed by atoms with van der Waals surface area (Å²) >= 11 is 0. The molecule has 0 bridgehead atoms. The summed E-state index contributed by atoms with van der Waals surface area (Å²) in [7, 11) is 5.00. The zero-order chi connectivity index (χ0) is 16.4. The molecule has 2 fully saturated rings. The normalized spacial score (nSPS) is 25.2. The van der Waals surface area contributed by atoms with Crippen LogP contribution in [0.1, 0.15) is 25.3 Å². The molecule has 0 amide bonds. The van der Waals surface area contributed by atoms with Crippen LogP contribution in [0.3, 0.4) is 0 Å². The van der Waals surface area contributed by atoms with Gasteiger partial charge in [-0.05, 0) is 32.4 Å². The van der Waals surface area contributed by atoms with Gasteiger partial charge in [0.05, 0.1) is 21.3 Å². The van der Waals surface area contributed by atoms with Gasteiger partial charge in [-0.15, -0.1) is 0 Å². The summed E-state index contributed by atoms with van der Waals surface area (Å²) in [4.78, 5) is 5.21. The van der Waals surface area contributed by atoms with E-state index in [1.165, 1.54) is 25.9 Å². The zero-order valence-electron chi connectivity index (χ0n) is 14.7. The molecule has 2 aliphatic heterocycles. The number of piperazine rings is 1. The molecule has 1 aromatic rings. The number of hydrogen-bond acceptors (Lipinski definition) is 5. The molecular weight excluding hydrogens is 292 g/mol. The third kappa shape index (κ3) is 3.00. The molecule has 0 aliphatic carbocycles. The molecule has 1 aromatic carbocycles. The van der Waals surface area contributed by atoms with Crippen LogP contribution in [0.4, 0.5) is 0 Å². The summed E-state index contributed by atoms with van der Waals surface area (Å²) in [6.45, 7) is 6.78. The van der Waals surface area contributed by atoms with Crippen LogP contribution in [0, 0.1) is 0 Å². The lowest BCUT2D eigenvalue weighted by Gasteiger charge is -2.43. The molecule has 5 nitrogen and oxygen atoms in total. The highest BCUT2D eigenvalue weighted by atomic mass is 16.5. The first-order valence-corrected chi connectivity index (χ1v) is 8.45. The fraction of sp³-hybridized carbons (Fsp3) is 0.667. The Labute approximate surface area is 139 Å². The van der Waals surface area contributed by atoms with Gasteiger partial charge in [0.15, 0.2) is 11.5 Å². The van der Waals surface area contributed by atoms with Gasteiger partial charge >= 0.3 is 0 Å². The molecule has 2 saturated heterocycles. The molecule has 2 atom stereocenters. The summed E-state index contributed by atoms with van der Waals surface area (Å²) in [5.41, 5.74) is 1.16. The fourth-order valence-corrected chi connectivity index (χ4v) is 4.11. The van der Waals surface area contributed by atoms with E-state index < -0.39 is 0 Å². The van der Waals surface area contributed by atoms with Gasteiger partial charge in [0, 0.05) is 37.3 Å². The van der Waals surface area contributed by atoms with E-state index in [2.05, 4.69) is 22.8 Å². The Kier molecular flexibility index (Phi) is 4.97.